The summed E-state index contributed by atoms with van der Waals surface area (Å²) >= 11 is 0.802. The van der Waals surface area contributed by atoms with Gasteiger partial charge in [0.1, 0.15) is 28.3 Å². The number of amides is 1. The normalized spacial score (nSPS) is 17.5. The monoisotopic (exact) mass is 470 g/mol. The zero-order valence-electron chi connectivity index (χ0n) is 17.3. The van der Waals surface area contributed by atoms with Crippen molar-refractivity contribution in [2.45, 2.75) is 13.0 Å². The molecule has 1 amide bonds. The molecule has 0 aliphatic carbocycles. The Labute approximate surface area is 190 Å². The molecule has 2 heterocycles. The van der Waals surface area contributed by atoms with Gasteiger partial charge in [0, 0.05) is 11.1 Å². The van der Waals surface area contributed by atoms with Crippen molar-refractivity contribution in [1.29, 1.82) is 0 Å². The van der Waals surface area contributed by atoms with Crippen molar-refractivity contribution in [1.82, 2.24) is 4.98 Å². The summed E-state index contributed by atoms with van der Waals surface area (Å²) in [5.41, 5.74) is -0.118. The number of ether oxygens (including phenoxy) is 1. The van der Waals surface area contributed by atoms with Gasteiger partial charge in [-0.2, -0.15) is 0 Å². The van der Waals surface area contributed by atoms with Gasteiger partial charge in [-0.25, -0.2) is 18.6 Å². The van der Waals surface area contributed by atoms with Crippen molar-refractivity contribution in [2.75, 3.05) is 12.0 Å². The highest BCUT2D eigenvalue weighted by Gasteiger charge is 2.49. The maximum absolute atomic E-state index is 14.8. The molecule has 7 nitrogen and oxygen atoms in total. The third-order valence-electron chi connectivity index (χ3n) is 5.12. The summed E-state index contributed by atoms with van der Waals surface area (Å²) in [6, 6.07) is 8.74. The van der Waals surface area contributed by atoms with E-state index in [-0.39, 0.29) is 32.4 Å². The van der Waals surface area contributed by atoms with Crippen LogP contribution in [0.25, 0.3) is 5.76 Å². The molecule has 10 heteroatoms. The van der Waals surface area contributed by atoms with Crippen molar-refractivity contribution in [2.24, 2.45) is 0 Å². The largest absolute Gasteiger partial charge is 0.507 e. The number of Topliss-reactive ketones (excluding diaryl/α,β-unsaturated/α-hetero) is 1. The molecule has 168 valence electrons. The number of ketones is 1. The van der Waals surface area contributed by atoms with Gasteiger partial charge in [0.05, 0.1) is 18.4 Å². The first-order chi connectivity index (χ1) is 15.7. The molecular formula is C23H16F2N2O5S. The fraction of sp³-hybridized carbons (Fsp3) is 0.130. The van der Waals surface area contributed by atoms with Crippen LogP contribution < -0.4 is 4.90 Å². The molecule has 1 aliphatic rings. The van der Waals surface area contributed by atoms with Crippen LogP contribution in [0.2, 0.25) is 0 Å². The quantitative estimate of drug-likeness (QED) is 0.266. The summed E-state index contributed by atoms with van der Waals surface area (Å²) in [6.07, 6.45) is 0. The smallest absolute Gasteiger partial charge is 0.350 e. The number of thiazole rings is 1. The Morgan fingerprint density at radius 1 is 1.12 bits per heavy atom. The van der Waals surface area contributed by atoms with E-state index in [1.807, 2.05) is 0 Å². The first-order valence-electron chi connectivity index (χ1n) is 9.61. The Morgan fingerprint density at radius 3 is 2.42 bits per heavy atom. The number of esters is 1. The van der Waals surface area contributed by atoms with E-state index in [4.69, 9.17) is 4.74 Å². The number of benzene rings is 2. The fourth-order valence-electron chi connectivity index (χ4n) is 3.55. The minimum absolute atomic E-state index is 0.0404. The Hall–Kier alpha value is -3.92. The van der Waals surface area contributed by atoms with E-state index in [1.165, 1.54) is 44.4 Å². The lowest BCUT2D eigenvalue weighted by atomic mass is 9.95. The number of aliphatic hydroxyl groups is 1. The number of aryl methyl sites for hydroxylation is 1. The van der Waals surface area contributed by atoms with E-state index in [0.29, 0.717) is 0 Å². The summed E-state index contributed by atoms with van der Waals surface area (Å²) in [6.45, 7) is 1.53. The van der Waals surface area contributed by atoms with Crippen LogP contribution in [0.15, 0.2) is 54.1 Å². The molecule has 0 unspecified atom stereocenters. The molecule has 1 saturated heterocycles. The minimum Gasteiger partial charge on any atom is -0.507 e. The maximum atomic E-state index is 14.8. The molecule has 0 bridgehead atoms. The lowest BCUT2D eigenvalue weighted by molar-refractivity contribution is -0.132. The highest BCUT2D eigenvalue weighted by molar-refractivity contribution is 7.17. The second-order valence-corrected chi connectivity index (χ2v) is 8.08. The van der Waals surface area contributed by atoms with Crippen LogP contribution in [0, 0.1) is 18.6 Å². The second kappa shape index (κ2) is 8.55. The van der Waals surface area contributed by atoms with Crippen LogP contribution in [-0.4, -0.2) is 34.9 Å². The van der Waals surface area contributed by atoms with Crippen LogP contribution in [-0.2, 0) is 14.3 Å². The number of nitrogens with zero attached hydrogens (tertiary/aromatic N) is 2. The van der Waals surface area contributed by atoms with Crippen molar-refractivity contribution < 1.29 is 33.0 Å². The minimum atomic E-state index is -1.37. The summed E-state index contributed by atoms with van der Waals surface area (Å²) in [5, 5.41) is 10.9. The van der Waals surface area contributed by atoms with Gasteiger partial charge in [-0.3, -0.25) is 14.5 Å². The van der Waals surface area contributed by atoms with E-state index in [1.54, 1.807) is 0 Å². The Bertz CT molecular complexity index is 1320. The van der Waals surface area contributed by atoms with Crippen LogP contribution in [0.5, 0.6) is 0 Å². The van der Waals surface area contributed by atoms with Gasteiger partial charge in [-0.1, -0.05) is 29.5 Å². The highest BCUT2D eigenvalue weighted by atomic mass is 32.1. The van der Waals surface area contributed by atoms with E-state index >= 15 is 0 Å². The van der Waals surface area contributed by atoms with Crippen molar-refractivity contribution in [3.8, 4) is 0 Å². The summed E-state index contributed by atoms with van der Waals surface area (Å²) in [7, 11) is 1.19. The fourth-order valence-corrected chi connectivity index (χ4v) is 4.56. The number of anilines is 1. The number of methoxy groups -OCH3 is 1. The van der Waals surface area contributed by atoms with Crippen molar-refractivity contribution in [3.63, 3.8) is 0 Å². The average molecular weight is 470 g/mol. The first-order valence-corrected chi connectivity index (χ1v) is 10.4. The summed E-state index contributed by atoms with van der Waals surface area (Å²) in [5.74, 6) is -4.69. The molecule has 0 radical (unpaired) electrons. The SMILES string of the molecule is COC(=O)c1sc(N2C(=O)C(=O)C(=C(O)c3ccc(F)cc3)[C@@H]2c2ccccc2F)nc1C. The molecule has 1 aliphatic heterocycles. The lowest BCUT2D eigenvalue weighted by Gasteiger charge is -2.23. The molecule has 4 rings (SSSR count). The van der Waals surface area contributed by atoms with E-state index in [9.17, 15) is 28.3 Å². The summed E-state index contributed by atoms with van der Waals surface area (Å²) in [4.78, 5) is 43.4. The Kier molecular flexibility index (Phi) is 5.77. The first kappa shape index (κ1) is 22.3. The van der Waals surface area contributed by atoms with E-state index in [0.717, 1.165) is 34.4 Å². The lowest BCUT2D eigenvalue weighted by Crippen LogP contribution is -2.29. The maximum Gasteiger partial charge on any atom is 0.350 e. The summed E-state index contributed by atoms with van der Waals surface area (Å²) < 4.78 is 32.9. The average Bonchev–Trinajstić information content (AvgIpc) is 3.30. The van der Waals surface area contributed by atoms with Crippen molar-refractivity contribution in [3.05, 3.63) is 87.4 Å². The second-order valence-electron chi connectivity index (χ2n) is 7.10. The zero-order valence-corrected chi connectivity index (χ0v) is 18.2. The van der Waals surface area contributed by atoms with Crippen LogP contribution >= 0.6 is 11.3 Å². The van der Waals surface area contributed by atoms with Crippen molar-refractivity contribution >= 4 is 39.9 Å². The van der Waals surface area contributed by atoms with Crippen LogP contribution in [0.3, 0.4) is 0 Å². The number of aromatic nitrogens is 1. The molecule has 0 spiro atoms. The Balaban J connectivity index is 1.95. The molecule has 33 heavy (non-hydrogen) atoms. The van der Waals surface area contributed by atoms with E-state index in [2.05, 4.69) is 4.98 Å². The molecule has 2 aromatic carbocycles. The third kappa shape index (κ3) is 3.78. The number of rotatable bonds is 4. The number of hydrogen-bond donors (Lipinski definition) is 1. The Morgan fingerprint density at radius 2 is 1.79 bits per heavy atom. The van der Waals surface area contributed by atoms with Gasteiger partial charge in [0.25, 0.3) is 5.78 Å². The van der Waals surface area contributed by atoms with Gasteiger partial charge < -0.3 is 9.84 Å². The number of hydrogen-bond acceptors (Lipinski definition) is 7. The van der Waals surface area contributed by atoms with Crippen LogP contribution in [0.1, 0.15) is 32.5 Å². The van der Waals surface area contributed by atoms with Gasteiger partial charge in [0.2, 0.25) is 0 Å². The molecule has 1 atom stereocenters. The topological polar surface area (TPSA) is 96.8 Å². The van der Waals surface area contributed by atoms with Gasteiger partial charge in [-0.05, 0) is 37.3 Å². The number of carbonyl (C=O) groups excluding carboxylic acids is 3. The predicted molar refractivity (Wildman–Crippen MR) is 116 cm³/mol. The highest BCUT2D eigenvalue weighted by Crippen LogP contribution is 2.44. The molecule has 1 N–H and O–H groups in total. The molecule has 1 fully saturated rings. The van der Waals surface area contributed by atoms with Gasteiger partial charge in [0.15, 0.2) is 5.13 Å². The number of halogens is 2. The zero-order chi connectivity index (χ0) is 23.9. The van der Waals surface area contributed by atoms with Crippen LogP contribution in [0.4, 0.5) is 13.9 Å². The third-order valence-corrected chi connectivity index (χ3v) is 6.26. The molecular weight excluding hydrogens is 454 g/mol. The number of aliphatic hydroxyl groups excluding tert-OH is 1. The standard InChI is InChI=1S/C23H16F2N2O5S/c1-11-20(22(31)32-2)33-23(26-11)27-17(14-5-3-4-6-15(14)25)16(19(29)21(27)30)18(28)12-7-9-13(24)10-8-12/h3-10,17,28H,1-2H3/t17-/m0/s1. The molecule has 1 aromatic heterocycles. The van der Waals surface area contributed by atoms with Gasteiger partial charge >= 0.3 is 11.9 Å². The van der Waals surface area contributed by atoms with Gasteiger partial charge in [-0.15, -0.1) is 0 Å². The van der Waals surface area contributed by atoms with E-state index < -0.39 is 41.1 Å². The molecule has 3 aromatic rings. The predicted octanol–water partition coefficient (Wildman–Crippen LogP) is 4.14. The molecule has 0 saturated carbocycles. The number of carbonyl (C=O) groups is 3.